The van der Waals surface area contributed by atoms with Gasteiger partial charge >= 0.3 is 12.2 Å². The molecule has 2 aromatic carbocycles. The zero-order chi connectivity index (χ0) is 19.6. The molecule has 0 unspecified atom stereocenters. The highest BCUT2D eigenvalue weighted by atomic mass is 16.6. The standard InChI is InChI=1S/C19H21N3O5/c1-3-26-18(24)21-14-10-8-13(9-11-14)17(23)20-15-6-5-7-16(12-15)22-19(25)27-4-2/h5-12H,3-4H2,1-2H3,(H,20,23)(H,21,24)(H,22,25). The average molecular weight is 371 g/mol. The molecule has 2 rings (SSSR count). The second-order valence-electron chi connectivity index (χ2n) is 5.30. The fourth-order valence-corrected chi connectivity index (χ4v) is 2.15. The van der Waals surface area contributed by atoms with Crippen LogP contribution in [0.25, 0.3) is 0 Å². The quantitative estimate of drug-likeness (QED) is 0.710. The van der Waals surface area contributed by atoms with Gasteiger partial charge in [-0.2, -0.15) is 0 Å². The third-order valence-electron chi connectivity index (χ3n) is 3.31. The summed E-state index contributed by atoms with van der Waals surface area (Å²) in [7, 11) is 0. The normalized spacial score (nSPS) is 9.85. The molecule has 8 nitrogen and oxygen atoms in total. The predicted octanol–water partition coefficient (Wildman–Crippen LogP) is 4.08. The number of hydrogen-bond donors (Lipinski definition) is 3. The lowest BCUT2D eigenvalue weighted by Crippen LogP contribution is -2.15. The van der Waals surface area contributed by atoms with Crippen molar-refractivity contribution in [2.45, 2.75) is 13.8 Å². The molecule has 0 saturated heterocycles. The van der Waals surface area contributed by atoms with Crippen LogP contribution < -0.4 is 16.0 Å². The van der Waals surface area contributed by atoms with Crippen molar-refractivity contribution in [1.29, 1.82) is 0 Å². The Morgan fingerprint density at radius 2 is 1.26 bits per heavy atom. The Bertz CT molecular complexity index is 805. The maximum atomic E-state index is 12.4. The van der Waals surface area contributed by atoms with Crippen molar-refractivity contribution in [2.24, 2.45) is 0 Å². The monoisotopic (exact) mass is 371 g/mol. The summed E-state index contributed by atoms with van der Waals surface area (Å²) < 4.78 is 9.60. The van der Waals surface area contributed by atoms with E-state index in [1.165, 1.54) is 0 Å². The van der Waals surface area contributed by atoms with Crippen molar-refractivity contribution in [3.63, 3.8) is 0 Å². The van der Waals surface area contributed by atoms with E-state index in [0.29, 0.717) is 22.6 Å². The van der Waals surface area contributed by atoms with Gasteiger partial charge in [0.15, 0.2) is 0 Å². The van der Waals surface area contributed by atoms with Crippen LogP contribution in [-0.4, -0.2) is 31.3 Å². The number of amides is 3. The summed E-state index contributed by atoms with van der Waals surface area (Å²) in [6.45, 7) is 3.97. The third kappa shape index (κ3) is 6.35. The molecule has 2 aromatic rings. The van der Waals surface area contributed by atoms with Crippen LogP contribution in [0, 0.1) is 0 Å². The van der Waals surface area contributed by atoms with E-state index in [-0.39, 0.29) is 19.1 Å². The Balaban J connectivity index is 1.98. The fourth-order valence-electron chi connectivity index (χ4n) is 2.15. The summed E-state index contributed by atoms with van der Waals surface area (Å²) in [6.07, 6.45) is -1.12. The molecule has 0 bridgehead atoms. The molecule has 0 fully saturated rings. The summed E-state index contributed by atoms with van der Waals surface area (Å²) in [4.78, 5) is 35.2. The molecule has 0 aromatic heterocycles. The number of ether oxygens (including phenoxy) is 2. The highest BCUT2D eigenvalue weighted by Crippen LogP contribution is 2.17. The first-order chi connectivity index (χ1) is 13.0. The van der Waals surface area contributed by atoms with Gasteiger partial charge in [0.2, 0.25) is 0 Å². The van der Waals surface area contributed by atoms with Gasteiger partial charge in [0.1, 0.15) is 0 Å². The van der Waals surface area contributed by atoms with Crippen LogP contribution in [-0.2, 0) is 9.47 Å². The number of hydrogen-bond acceptors (Lipinski definition) is 5. The lowest BCUT2D eigenvalue weighted by molar-refractivity contribution is 0.102. The molecular weight excluding hydrogens is 350 g/mol. The first-order valence-electron chi connectivity index (χ1n) is 8.40. The topological polar surface area (TPSA) is 106 Å². The van der Waals surface area contributed by atoms with Gasteiger partial charge in [0.05, 0.1) is 13.2 Å². The SMILES string of the molecule is CCOC(=O)Nc1ccc(C(=O)Nc2cccc(NC(=O)OCC)c2)cc1. The zero-order valence-corrected chi connectivity index (χ0v) is 15.1. The fraction of sp³-hybridized carbons (Fsp3) is 0.211. The molecule has 0 radical (unpaired) electrons. The van der Waals surface area contributed by atoms with Crippen molar-refractivity contribution in [3.05, 3.63) is 54.1 Å². The molecule has 142 valence electrons. The van der Waals surface area contributed by atoms with Gasteiger partial charge in [0, 0.05) is 22.6 Å². The van der Waals surface area contributed by atoms with Crippen molar-refractivity contribution >= 4 is 35.2 Å². The van der Waals surface area contributed by atoms with E-state index in [9.17, 15) is 14.4 Å². The van der Waals surface area contributed by atoms with Crippen molar-refractivity contribution < 1.29 is 23.9 Å². The summed E-state index contributed by atoms with van der Waals surface area (Å²) in [5.74, 6) is -0.328. The lowest BCUT2D eigenvalue weighted by atomic mass is 10.2. The van der Waals surface area contributed by atoms with Gasteiger partial charge in [-0.25, -0.2) is 9.59 Å². The highest BCUT2D eigenvalue weighted by molar-refractivity contribution is 6.05. The molecule has 0 heterocycles. The van der Waals surface area contributed by atoms with E-state index < -0.39 is 12.2 Å². The van der Waals surface area contributed by atoms with Gasteiger partial charge in [-0.05, 0) is 56.3 Å². The summed E-state index contributed by atoms with van der Waals surface area (Å²) in [5, 5.41) is 7.86. The van der Waals surface area contributed by atoms with Gasteiger partial charge in [-0.3, -0.25) is 15.4 Å². The molecular formula is C19H21N3O5. The number of carbonyl (C=O) groups excluding carboxylic acids is 3. The van der Waals surface area contributed by atoms with E-state index >= 15 is 0 Å². The molecule has 0 saturated carbocycles. The second-order valence-corrected chi connectivity index (χ2v) is 5.30. The van der Waals surface area contributed by atoms with E-state index in [0.717, 1.165) is 0 Å². The lowest BCUT2D eigenvalue weighted by Gasteiger charge is -2.09. The van der Waals surface area contributed by atoms with Crippen LogP contribution in [0.3, 0.4) is 0 Å². The Hall–Kier alpha value is -3.55. The summed E-state index contributed by atoms with van der Waals surface area (Å²) >= 11 is 0. The molecule has 27 heavy (non-hydrogen) atoms. The van der Waals surface area contributed by atoms with Crippen LogP contribution in [0.15, 0.2) is 48.5 Å². The molecule has 0 spiro atoms. The van der Waals surface area contributed by atoms with E-state index in [1.807, 2.05) is 0 Å². The first kappa shape index (κ1) is 19.8. The van der Waals surface area contributed by atoms with E-state index in [4.69, 9.17) is 9.47 Å². The predicted molar refractivity (Wildman–Crippen MR) is 102 cm³/mol. The van der Waals surface area contributed by atoms with Crippen molar-refractivity contribution in [3.8, 4) is 0 Å². The molecule has 0 aliphatic heterocycles. The highest BCUT2D eigenvalue weighted by Gasteiger charge is 2.09. The number of benzene rings is 2. The van der Waals surface area contributed by atoms with Crippen LogP contribution in [0.1, 0.15) is 24.2 Å². The Morgan fingerprint density at radius 3 is 1.81 bits per heavy atom. The molecule has 3 N–H and O–H groups in total. The molecule has 0 aliphatic rings. The second kappa shape index (κ2) is 9.81. The Labute approximate surface area is 156 Å². The minimum atomic E-state index is -0.564. The molecule has 3 amide bonds. The van der Waals surface area contributed by atoms with Crippen molar-refractivity contribution in [1.82, 2.24) is 0 Å². The minimum absolute atomic E-state index is 0.267. The Morgan fingerprint density at radius 1 is 0.741 bits per heavy atom. The van der Waals surface area contributed by atoms with E-state index in [1.54, 1.807) is 62.4 Å². The minimum Gasteiger partial charge on any atom is -0.450 e. The smallest absolute Gasteiger partial charge is 0.411 e. The number of carbonyl (C=O) groups is 3. The molecule has 0 atom stereocenters. The summed E-state index contributed by atoms with van der Waals surface area (Å²) in [6, 6.07) is 13.1. The van der Waals surface area contributed by atoms with Crippen LogP contribution in [0.4, 0.5) is 26.7 Å². The molecule has 8 heteroatoms. The molecule has 0 aliphatic carbocycles. The van der Waals surface area contributed by atoms with Crippen LogP contribution >= 0.6 is 0 Å². The van der Waals surface area contributed by atoms with Gasteiger partial charge in [-0.1, -0.05) is 6.07 Å². The maximum Gasteiger partial charge on any atom is 0.411 e. The largest absolute Gasteiger partial charge is 0.450 e. The van der Waals surface area contributed by atoms with Crippen LogP contribution in [0.2, 0.25) is 0 Å². The Kier molecular flexibility index (Phi) is 7.18. The number of anilines is 3. The number of rotatable bonds is 6. The first-order valence-corrected chi connectivity index (χ1v) is 8.40. The van der Waals surface area contributed by atoms with E-state index in [2.05, 4.69) is 16.0 Å². The zero-order valence-electron chi connectivity index (χ0n) is 15.1. The van der Waals surface area contributed by atoms with Gasteiger partial charge < -0.3 is 14.8 Å². The van der Waals surface area contributed by atoms with Gasteiger partial charge in [0.25, 0.3) is 5.91 Å². The average Bonchev–Trinajstić information content (AvgIpc) is 2.63. The summed E-state index contributed by atoms with van der Waals surface area (Å²) in [5.41, 5.74) is 1.95. The third-order valence-corrected chi connectivity index (χ3v) is 3.31. The van der Waals surface area contributed by atoms with Crippen LogP contribution in [0.5, 0.6) is 0 Å². The maximum absolute atomic E-state index is 12.4. The number of nitrogens with one attached hydrogen (secondary N) is 3. The van der Waals surface area contributed by atoms with Gasteiger partial charge in [-0.15, -0.1) is 0 Å². The van der Waals surface area contributed by atoms with Crippen molar-refractivity contribution in [2.75, 3.05) is 29.2 Å².